The lowest BCUT2D eigenvalue weighted by Crippen LogP contribution is -2.29. The predicted octanol–water partition coefficient (Wildman–Crippen LogP) is 3.05. The SMILES string of the molecule is CCNC(=O)COc1ccc(NC(=O)CCNS(=O)(=O)c2c(C)c(C)c(C)c(C)c2C)cc1. The molecule has 0 saturated heterocycles. The first-order valence-electron chi connectivity index (χ1n) is 10.8. The van der Waals surface area contributed by atoms with Crippen molar-refractivity contribution in [3.8, 4) is 5.75 Å². The quantitative estimate of drug-likeness (QED) is 0.489. The number of amides is 2. The molecular weight excluding hydrogens is 442 g/mol. The van der Waals surface area contributed by atoms with Gasteiger partial charge in [0.1, 0.15) is 5.75 Å². The molecule has 0 aliphatic rings. The third-order valence-corrected chi connectivity index (χ3v) is 7.46. The summed E-state index contributed by atoms with van der Waals surface area (Å²) in [5, 5.41) is 5.36. The van der Waals surface area contributed by atoms with Gasteiger partial charge in [-0.15, -0.1) is 0 Å². The lowest BCUT2D eigenvalue weighted by Gasteiger charge is -2.19. The molecule has 180 valence electrons. The summed E-state index contributed by atoms with van der Waals surface area (Å²) in [6, 6.07) is 6.59. The zero-order valence-corrected chi connectivity index (χ0v) is 20.9. The van der Waals surface area contributed by atoms with Crippen LogP contribution in [0.5, 0.6) is 5.75 Å². The molecule has 0 heterocycles. The molecular formula is C24H33N3O5S. The van der Waals surface area contributed by atoms with Crippen LogP contribution >= 0.6 is 0 Å². The number of likely N-dealkylation sites (N-methyl/N-ethyl adjacent to an activating group) is 1. The van der Waals surface area contributed by atoms with E-state index in [9.17, 15) is 18.0 Å². The summed E-state index contributed by atoms with van der Waals surface area (Å²) < 4.78 is 33.8. The molecule has 33 heavy (non-hydrogen) atoms. The van der Waals surface area contributed by atoms with Gasteiger partial charge in [-0.25, -0.2) is 13.1 Å². The molecule has 0 bridgehead atoms. The van der Waals surface area contributed by atoms with Crippen molar-refractivity contribution in [1.82, 2.24) is 10.0 Å². The van der Waals surface area contributed by atoms with Crippen LogP contribution in [0.2, 0.25) is 0 Å². The average Bonchev–Trinajstić information content (AvgIpc) is 2.76. The van der Waals surface area contributed by atoms with Crippen molar-refractivity contribution in [1.29, 1.82) is 0 Å². The Bertz CT molecular complexity index is 1100. The van der Waals surface area contributed by atoms with Gasteiger partial charge in [-0.2, -0.15) is 0 Å². The second-order valence-electron chi connectivity index (χ2n) is 7.92. The van der Waals surface area contributed by atoms with Crippen LogP contribution in [0.25, 0.3) is 0 Å². The third kappa shape index (κ3) is 6.79. The Labute approximate surface area is 196 Å². The van der Waals surface area contributed by atoms with E-state index in [1.54, 1.807) is 38.1 Å². The molecule has 0 fully saturated rings. The number of ether oxygens (including phenoxy) is 1. The molecule has 2 rings (SSSR count). The fourth-order valence-electron chi connectivity index (χ4n) is 3.49. The Morgan fingerprint density at radius 3 is 1.94 bits per heavy atom. The third-order valence-electron chi connectivity index (χ3n) is 5.73. The maximum atomic E-state index is 12.9. The van der Waals surface area contributed by atoms with Gasteiger partial charge in [0.2, 0.25) is 15.9 Å². The zero-order valence-electron chi connectivity index (χ0n) is 20.1. The number of benzene rings is 2. The van der Waals surface area contributed by atoms with Gasteiger partial charge in [0, 0.05) is 25.2 Å². The zero-order chi connectivity index (χ0) is 24.8. The Hall–Kier alpha value is -2.91. The lowest BCUT2D eigenvalue weighted by molar-refractivity contribution is -0.123. The van der Waals surface area contributed by atoms with Gasteiger partial charge < -0.3 is 15.4 Å². The van der Waals surface area contributed by atoms with Gasteiger partial charge in [0.25, 0.3) is 5.91 Å². The topological polar surface area (TPSA) is 114 Å². The van der Waals surface area contributed by atoms with E-state index in [2.05, 4.69) is 15.4 Å². The van der Waals surface area contributed by atoms with E-state index in [-0.39, 0.29) is 36.3 Å². The highest BCUT2D eigenvalue weighted by Crippen LogP contribution is 2.29. The summed E-state index contributed by atoms with van der Waals surface area (Å²) in [4.78, 5) is 24.0. The molecule has 0 aliphatic carbocycles. The van der Waals surface area contributed by atoms with Crippen LogP contribution in [0.3, 0.4) is 0 Å². The number of carbonyl (C=O) groups excluding carboxylic acids is 2. The molecule has 0 aromatic heterocycles. The maximum absolute atomic E-state index is 12.9. The van der Waals surface area contributed by atoms with Crippen molar-refractivity contribution in [2.45, 2.75) is 52.9 Å². The highest BCUT2D eigenvalue weighted by Gasteiger charge is 2.23. The normalized spacial score (nSPS) is 11.2. The molecule has 0 saturated carbocycles. The van der Waals surface area contributed by atoms with Crippen molar-refractivity contribution in [3.05, 3.63) is 52.1 Å². The molecule has 3 N–H and O–H groups in total. The van der Waals surface area contributed by atoms with Gasteiger partial charge >= 0.3 is 0 Å². The number of nitrogens with one attached hydrogen (secondary N) is 3. The summed E-state index contributed by atoms with van der Waals surface area (Å²) >= 11 is 0. The standard InChI is InChI=1S/C24H33N3O5S/c1-7-25-23(29)14-32-21-10-8-20(9-11-21)27-22(28)12-13-26-33(30,31)24-18(5)16(3)15(2)17(4)19(24)6/h8-11,26H,7,12-14H2,1-6H3,(H,25,29)(H,27,28). The second kappa shape index (κ2) is 11.3. The smallest absolute Gasteiger partial charge is 0.257 e. The molecule has 2 aromatic rings. The Morgan fingerprint density at radius 1 is 0.848 bits per heavy atom. The van der Waals surface area contributed by atoms with E-state index >= 15 is 0 Å². The van der Waals surface area contributed by atoms with Gasteiger partial charge in [-0.05, 0) is 93.6 Å². The minimum atomic E-state index is -3.75. The van der Waals surface area contributed by atoms with Crippen LogP contribution in [-0.4, -0.2) is 39.9 Å². The monoisotopic (exact) mass is 475 g/mol. The van der Waals surface area contributed by atoms with Gasteiger partial charge in [-0.3, -0.25) is 9.59 Å². The summed E-state index contributed by atoms with van der Waals surface area (Å²) in [5.41, 5.74) is 4.99. The van der Waals surface area contributed by atoms with Crippen LogP contribution < -0.4 is 20.1 Å². The first-order valence-corrected chi connectivity index (χ1v) is 12.3. The highest BCUT2D eigenvalue weighted by molar-refractivity contribution is 7.89. The van der Waals surface area contributed by atoms with E-state index in [1.165, 1.54) is 0 Å². The number of hydrogen-bond donors (Lipinski definition) is 3. The number of rotatable bonds is 10. The summed E-state index contributed by atoms with van der Waals surface area (Å²) in [5.74, 6) is -0.0292. The van der Waals surface area contributed by atoms with Crippen LogP contribution in [0, 0.1) is 34.6 Å². The van der Waals surface area contributed by atoms with Gasteiger partial charge in [0.05, 0.1) is 4.90 Å². The van der Waals surface area contributed by atoms with Crippen molar-refractivity contribution >= 4 is 27.5 Å². The molecule has 0 spiro atoms. The van der Waals surface area contributed by atoms with Crippen LogP contribution in [0.1, 0.15) is 41.2 Å². The molecule has 0 atom stereocenters. The summed E-state index contributed by atoms with van der Waals surface area (Å²) in [6.45, 7) is 11.7. The molecule has 0 unspecified atom stereocenters. The Kier molecular flexibility index (Phi) is 9.01. The first kappa shape index (κ1) is 26.3. The minimum absolute atomic E-state index is 0.0173. The number of anilines is 1. The van der Waals surface area contributed by atoms with Crippen molar-refractivity contribution < 1.29 is 22.7 Å². The molecule has 0 aliphatic heterocycles. The molecule has 8 nitrogen and oxygen atoms in total. The van der Waals surface area contributed by atoms with Crippen LogP contribution in [0.4, 0.5) is 5.69 Å². The molecule has 2 aromatic carbocycles. The predicted molar refractivity (Wildman–Crippen MR) is 129 cm³/mol. The van der Waals surface area contributed by atoms with E-state index in [0.717, 1.165) is 27.8 Å². The lowest BCUT2D eigenvalue weighted by atomic mass is 9.95. The molecule has 2 amide bonds. The van der Waals surface area contributed by atoms with Crippen LogP contribution in [0.15, 0.2) is 29.2 Å². The second-order valence-corrected chi connectivity index (χ2v) is 9.62. The van der Waals surface area contributed by atoms with Gasteiger partial charge in [-0.1, -0.05) is 0 Å². The Balaban J connectivity index is 1.92. The minimum Gasteiger partial charge on any atom is -0.484 e. The van der Waals surface area contributed by atoms with E-state index in [0.29, 0.717) is 18.0 Å². The fourth-order valence-corrected chi connectivity index (χ4v) is 5.12. The number of hydrogen-bond acceptors (Lipinski definition) is 5. The van der Waals surface area contributed by atoms with E-state index in [4.69, 9.17) is 4.74 Å². The van der Waals surface area contributed by atoms with E-state index in [1.807, 2.05) is 27.7 Å². The van der Waals surface area contributed by atoms with Crippen LogP contribution in [-0.2, 0) is 19.6 Å². The fraction of sp³-hybridized carbons (Fsp3) is 0.417. The highest BCUT2D eigenvalue weighted by atomic mass is 32.2. The van der Waals surface area contributed by atoms with E-state index < -0.39 is 10.0 Å². The largest absolute Gasteiger partial charge is 0.484 e. The average molecular weight is 476 g/mol. The van der Waals surface area contributed by atoms with Crippen molar-refractivity contribution in [2.24, 2.45) is 0 Å². The molecule has 9 heteroatoms. The van der Waals surface area contributed by atoms with Crippen molar-refractivity contribution in [2.75, 3.05) is 25.0 Å². The first-order chi connectivity index (χ1) is 15.5. The van der Waals surface area contributed by atoms with Gasteiger partial charge in [0.15, 0.2) is 6.61 Å². The summed E-state index contributed by atoms with van der Waals surface area (Å²) in [6.07, 6.45) is -0.0173. The Morgan fingerprint density at radius 2 is 1.39 bits per heavy atom. The number of carbonyl (C=O) groups is 2. The number of sulfonamides is 1. The van der Waals surface area contributed by atoms with Crippen molar-refractivity contribution in [3.63, 3.8) is 0 Å². The maximum Gasteiger partial charge on any atom is 0.257 e. The molecule has 0 radical (unpaired) electrons. The summed E-state index contributed by atoms with van der Waals surface area (Å²) in [7, 11) is -3.75.